The first kappa shape index (κ1) is 20.6. The van der Waals surface area contributed by atoms with Gasteiger partial charge in [0.05, 0.1) is 13.7 Å². The van der Waals surface area contributed by atoms with E-state index in [1.54, 1.807) is 7.11 Å². The maximum absolute atomic E-state index is 11.8. The monoisotopic (exact) mass is 370 g/mol. The van der Waals surface area contributed by atoms with Crippen LogP contribution in [0.25, 0.3) is 0 Å². The Bertz CT molecular complexity index is 721. The molecular weight excluding hydrogens is 340 g/mol. The summed E-state index contributed by atoms with van der Waals surface area (Å²) >= 11 is 0. The van der Waals surface area contributed by atoms with Crippen LogP contribution in [0.1, 0.15) is 31.9 Å². The van der Waals surface area contributed by atoms with Crippen LogP contribution in [0.4, 0.5) is 4.79 Å². The number of methoxy groups -OCH3 is 1. The highest BCUT2D eigenvalue weighted by molar-refractivity contribution is 5.73. The van der Waals surface area contributed by atoms with Crippen molar-refractivity contribution in [3.63, 3.8) is 0 Å². The van der Waals surface area contributed by atoms with Gasteiger partial charge in [-0.1, -0.05) is 51.1 Å². The Morgan fingerprint density at radius 1 is 0.963 bits per heavy atom. The summed E-state index contributed by atoms with van der Waals surface area (Å²) < 4.78 is 11.0. The fourth-order valence-corrected chi connectivity index (χ4v) is 2.67. The van der Waals surface area contributed by atoms with Crippen molar-refractivity contribution in [3.8, 4) is 11.5 Å². The lowest BCUT2D eigenvalue weighted by Crippen LogP contribution is -2.38. The molecule has 0 aliphatic carbocycles. The van der Waals surface area contributed by atoms with Gasteiger partial charge in [-0.15, -0.1) is 0 Å². The summed E-state index contributed by atoms with van der Waals surface area (Å²) in [4.78, 5) is 11.8. The molecule has 5 nitrogen and oxygen atoms in total. The summed E-state index contributed by atoms with van der Waals surface area (Å²) in [6.07, 6.45) is 0.716. The number of amides is 2. The van der Waals surface area contributed by atoms with Crippen molar-refractivity contribution >= 4 is 6.03 Å². The summed E-state index contributed by atoms with van der Waals surface area (Å²) in [7, 11) is 1.65. The van der Waals surface area contributed by atoms with E-state index in [4.69, 9.17) is 9.47 Å². The van der Waals surface area contributed by atoms with Crippen LogP contribution in [0.2, 0.25) is 0 Å². The lowest BCUT2D eigenvalue weighted by atomic mass is 9.87. The lowest BCUT2D eigenvalue weighted by Gasteiger charge is -2.19. The molecule has 27 heavy (non-hydrogen) atoms. The van der Waals surface area contributed by atoms with E-state index in [1.807, 2.05) is 36.4 Å². The van der Waals surface area contributed by atoms with Crippen LogP contribution < -0.4 is 20.1 Å². The number of urea groups is 1. The Kier molecular flexibility index (Phi) is 7.53. The SMILES string of the molecule is COc1ccccc1CCNC(=O)NCCOc1ccc(C(C)(C)C)cc1. The molecule has 0 aromatic heterocycles. The van der Waals surface area contributed by atoms with Crippen LogP contribution in [-0.4, -0.2) is 32.8 Å². The maximum Gasteiger partial charge on any atom is 0.314 e. The first-order valence-electron chi connectivity index (χ1n) is 9.27. The molecular formula is C22H30N2O3. The number of para-hydroxylation sites is 1. The van der Waals surface area contributed by atoms with E-state index in [0.29, 0.717) is 26.1 Å². The van der Waals surface area contributed by atoms with E-state index in [9.17, 15) is 4.79 Å². The number of benzene rings is 2. The third-order valence-electron chi connectivity index (χ3n) is 4.25. The number of hydrogen-bond donors (Lipinski definition) is 2. The highest BCUT2D eigenvalue weighted by Crippen LogP contribution is 2.24. The predicted octanol–water partition coefficient (Wildman–Crippen LogP) is 3.91. The zero-order chi connectivity index (χ0) is 19.7. The Hall–Kier alpha value is -2.69. The molecule has 0 saturated heterocycles. The molecule has 0 bridgehead atoms. The summed E-state index contributed by atoms with van der Waals surface area (Å²) in [5.74, 6) is 1.65. The van der Waals surface area contributed by atoms with E-state index in [2.05, 4.69) is 43.5 Å². The topological polar surface area (TPSA) is 59.6 Å². The van der Waals surface area contributed by atoms with E-state index >= 15 is 0 Å². The minimum atomic E-state index is -0.198. The zero-order valence-electron chi connectivity index (χ0n) is 16.7. The summed E-state index contributed by atoms with van der Waals surface area (Å²) in [6.45, 7) is 7.95. The van der Waals surface area contributed by atoms with Gasteiger partial charge in [-0.2, -0.15) is 0 Å². The van der Waals surface area contributed by atoms with Gasteiger partial charge in [-0.05, 0) is 41.2 Å². The molecule has 2 N–H and O–H groups in total. The van der Waals surface area contributed by atoms with E-state index < -0.39 is 0 Å². The predicted molar refractivity (Wildman–Crippen MR) is 109 cm³/mol. The van der Waals surface area contributed by atoms with Crippen LogP contribution in [0.5, 0.6) is 11.5 Å². The zero-order valence-corrected chi connectivity index (χ0v) is 16.7. The summed E-state index contributed by atoms with van der Waals surface area (Å²) in [5.41, 5.74) is 2.46. The van der Waals surface area contributed by atoms with Gasteiger partial charge in [0.1, 0.15) is 18.1 Å². The largest absolute Gasteiger partial charge is 0.496 e. The van der Waals surface area contributed by atoms with Gasteiger partial charge in [-0.3, -0.25) is 0 Å². The normalized spacial score (nSPS) is 11.0. The standard InChI is InChI=1S/C22H30N2O3/c1-22(2,3)18-9-11-19(12-10-18)27-16-15-24-21(25)23-14-13-17-7-5-6-8-20(17)26-4/h5-12H,13-16H2,1-4H3,(H2,23,24,25). The number of hydrogen-bond acceptors (Lipinski definition) is 3. The van der Waals surface area contributed by atoms with Crippen LogP contribution in [0, 0.1) is 0 Å². The first-order valence-corrected chi connectivity index (χ1v) is 9.27. The molecule has 2 amide bonds. The number of ether oxygens (including phenoxy) is 2. The van der Waals surface area contributed by atoms with Crippen LogP contribution in [0.15, 0.2) is 48.5 Å². The molecule has 0 aliphatic heterocycles. The Morgan fingerprint density at radius 2 is 1.63 bits per heavy atom. The quantitative estimate of drug-likeness (QED) is 0.693. The summed E-state index contributed by atoms with van der Waals surface area (Å²) in [6, 6.07) is 15.7. The van der Waals surface area contributed by atoms with E-state index in [0.717, 1.165) is 17.1 Å². The van der Waals surface area contributed by atoms with Gasteiger partial charge in [0.25, 0.3) is 0 Å². The molecule has 146 valence electrons. The van der Waals surface area contributed by atoms with Gasteiger partial charge in [0, 0.05) is 6.54 Å². The van der Waals surface area contributed by atoms with Gasteiger partial charge in [0.2, 0.25) is 0 Å². The van der Waals surface area contributed by atoms with Crippen molar-refractivity contribution in [2.75, 3.05) is 26.8 Å². The fraction of sp³-hybridized carbons (Fsp3) is 0.409. The minimum absolute atomic E-state index is 0.127. The smallest absolute Gasteiger partial charge is 0.314 e. The van der Waals surface area contributed by atoms with Crippen LogP contribution >= 0.6 is 0 Å². The van der Waals surface area contributed by atoms with Gasteiger partial charge >= 0.3 is 6.03 Å². The van der Waals surface area contributed by atoms with E-state index in [1.165, 1.54) is 5.56 Å². The average molecular weight is 370 g/mol. The lowest BCUT2D eigenvalue weighted by molar-refractivity contribution is 0.236. The molecule has 0 saturated carbocycles. The second kappa shape index (κ2) is 9.86. The number of nitrogens with one attached hydrogen (secondary N) is 2. The number of carbonyl (C=O) groups excluding carboxylic acids is 1. The molecule has 0 aliphatic rings. The Labute approximate surface area is 162 Å². The molecule has 0 fully saturated rings. The van der Waals surface area contributed by atoms with Gasteiger partial charge < -0.3 is 20.1 Å². The molecule has 2 aromatic rings. The first-order chi connectivity index (χ1) is 12.9. The van der Waals surface area contributed by atoms with Gasteiger partial charge in [0.15, 0.2) is 0 Å². The number of carbonyl (C=O) groups is 1. The minimum Gasteiger partial charge on any atom is -0.496 e. The second-order valence-corrected chi connectivity index (χ2v) is 7.37. The molecule has 0 unspecified atom stereocenters. The maximum atomic E-state index is 11.8. The molecule has 2 rings (SSSR count). The molecule has 0 spiro atoms. The highest BCUT2D eigenvalue weighted by atomic mass is 16.5. The van der Waals surface area contributed by atoms with Crippen molar-refractivity contribution < 1.29 is 14.3 Å². The fourth-order valence-electron chi connectivity index (χ4n) is 2.67. The Morgan fingerprint density at radius 3 is 2.30 bits per heavy atom. The highest BCUT2D eigenvalue weighted by Gasteiger charge is 2.12. The third-order valence-corrected chi connectivity index (χ3v) is 4.25. The molecule has 0 radical (unpaired) electrons. The summed E-state index contributed by atoms with van der Waals surface area (Å²) in [5, 5.41) is 5.64. The number of rotatable bonds is 8. The van der Waals surface area contributed by atoms with Gasteiger partial charge in [-0.25, -0.2) is 4.79 Å². The average Bonchev–Trinajstić information content (AvgIpc) is 2.65. The van der Waals surface area contributed by atoms with Crippen LogP contribution in [-0.2, 0) is 11.8 Å². The van der Waals surface area contributed by atoms with Crippen molar-refractivity contribution in [3.05, 3.63) is 59.7 Å². The second-order valence-electron chi connectivity index (χ2n) is 7.37. The van der Waals surface area contributed by atoms with Crippen molar-refractivity contribution in [1.82, 2.24) is 10.6 Å². The third kappa shape index (κ3) is 6.85. The van der Waals surface area contributed by atoms with Crippen molar-refractivity contribution in [1.29, 1.82) is 0 Å². The molecule has 0 heterocycles. The van der Waals surface area contributed by atoms with Crippen molar-refractivity contribution in [2.24, 2.45) is 0 Å². The molecule has 5 heteroatoms. The van der Waals surface area contributed by atoms with Crippen molar-refractivity contribution in [2.45, 2.75) is 32.6 Å². The molecule has 0 atom stereocenters. The Balaban J connectivity index is 1.63. The van der Waals surface area contributed by atoms with E-state index in [-0.39, 0.29) is 11.4 Å². The molecule has 2 aromatic carbocycles. The van der Waals surface area contributed by atoms with Crippen LogP contribution in [0.3, 0.4) is 0 Å².